The Hall–Kier alpha value is -1.88. The standard InChI is InChI=1S/C16H22N2O3/c1-3-21-16(20)18-11-9-17(10-12-18)13(2)15(19)14-7-5-4-6-8-14/h4-8,13H,3,9-12H2,1-2H3. The van der Waals surface area contributed by atoms with Gasteiger partial charge in [-0.05, 0) is 13.8 Å². The second kappa shape index (κ2) is 7.22. The number of ether oxygens (including phenoxy) is 1. The summed E-state index contributed by atoms with van der Waals surface area (Å²) in [4.78, 5) is 27.9. The van der Waals surface area contributed by atoms with Gasteiger partial charge in [0.15, 0.2) is 5.78 Å². The fourth-order valence-electron chi connectivity index (χ4n) is 2.52. The summed E-state index contributed by atoms with van der Waals surface area (Å²) < 4.78 is 5.00. The van der Waals surface area contributed by atoms with E-state index in [1.165, 1.54) is 0 Å². The molecule has 114 valence electrons. The lowest BCUT2D eigenvalue weighted by molar-refractivity contribution is 0.0604. The van der Waals surface area contributed by atoms with Gasteiger partial charge < -0.3 is 9.64 Å². The fourth-order valence-corrected chi connectivity index (χ4v) is 2.52. The number of ketones is 1. The van der Waals surface area contributed by atoms with Gasteiger partial charge in [-0.1, -0.05) is 30.3 Å². The zero-order chi connectivity index (χ0) is 15.2. The molecule has 1 aliphatic heterocycles. The quantitative estimate of drug-likeness (QED) is 0.796. The Morgan fingerprint density at radius 1 is 1.14 bits per heavy atom. The van der Waals surface area contributed by atoms with Crippen LogP contribution >= 0.6 is 0 Å². The van der Waals surface area contributed by atoms with Crippen molar-refractivity contribution in [3.63, 3.8) is 0 Å². The number of amides is 1. The van der Waals surface area contributed by atoms with Crippen molar-refractivity contribution in [1.29, 1.82) is 0 Å². The lowest BCUT2D eigenvalue weighted by Gasteiger charge is -2.36. The molecule has 1 aromatic carbocycles. The van der Waals surface area contributed by atoms with Gasteiger partial charge in [0.1, 0.15) is 0 Å². The maximum absolute atomic E-state index is 12.4. The SMILES string of the molecule is CCOC(=O)N1CCN(C(C)C(=O)c2ccccc2)CC1. The Morgan fingerprint density at radius 2 is 1.76 bits per heavy atom. The molecular formula is C16H22N2O3. The molecule has 2 rings (SSSR count). The van der Waals surface area contributed by atoms with Gasteiger partial charge in [-0.2, -0.15) is 0 Å². The Kier molecular flexibility index (Phi) is 5.33. The van der Waals surface area contributed by atoms with Crippen LogP contribution in [-0.4, -0.2) is 60.5 Å². The van der Waals surface area contributed by atoms with Gasteiger partial charge in [0.25, 0.3) is 0 Å². The molecule has 1 aliphatic rings. The van der Waals surface area contributed by atoms with E-state index in [2.05, 4.69) is 4.90 Å². The fraction of sp³-hybridized carbons (Fsp3) is 0.500. The maximum atomic E-state index is 12.4. The first-order valence-electron chi connectivity index (χ1n) is 7.38. The molecule has 0 N–H and O–H groups in total. The zero-order valence-electron chi connectivity index (χ0n) is 12.6. The first-order chi connectivity index (χ1) is 10.1. The van der Waals surface area contributed by atoms with Gasteiger partial charge in [-0.3, -0.25) is 9.69 Å². The highest BCUT2D eigenvalue weighted by molar-refractivity contribution is 5.99. The number of rotatable bonds is 4. The minimum Gasteiger partial charge on any atom is -0.450 e. The van der Waals surface area contributed by atoms with Gasteiger partial charge in [0.2, 0.25) is 0 Å². The molecule has 1 amide bonds. The monoisotopic (exact) mass is 290 g/mol. The number of Topliss-reactive ketones (excluding diaryl/α,β-unsaturated/α-hetero) is 1. The molecule has 0 aromatic heterocycles. The Labute approximate surface area is 125 Å². The van der Waals surface area contributed by atoms with E-state index in [1.807, 2.05) is 37.3 Å². The molecule has 0 saturated carbocycles. The molecule has 1 heterocycles. The molecule has 1 atom stereocenters. The molecule has 1 aromatic rings. The highest BCUT2D eigenvalue weighted by atomic mass is 16.6. The van der Waals surface area contributed by atoms with Crippen molar-refractivity contribution < 1.29 is 14.3 Å². The van der Waals surface area contributed by atoms with Crippen molar-refractivity contribution in [3.05, 3.63) is 35.9 Å². The topological polar surface area (TPSA) is 49.9 Å². The highest BCUT2D eigenvalue weighted by Gasteiger charge is 2.28. The lowest BCUT2D eigenvalue weighted by Crippen LogP contribution is -2.53. The maximum Gasteiger partial charge on any atom is 0.409 e. The van der Waals surface area contributed by atoms with Crippen molar-refractivity contribution in [2.45, 2.75) is 19.9 Å². The van der Waals surface area contributed by atoms with E-state index in [-0.39, 0.29) is 17.9 Å². The third-order valence-corrected chi connectivity index (χ3v) is 3.83. The normalized spacial score (nSPS) is 17.3. The molecule has 5 heteroatoms. The van der Waals surface area contributed by atoms with Crippen LogP contribution in [0.4, 0.5) is 4.79 Å². The number of carbonyl (C=O) groups is 2. The smallest absolute Gasteiger partial charge is 0.409 e. The number of hydrogen-bond donors (Lipinski definition) is 0. The van der Waals surface area contributed by atoms with Gasteiger partial charge in [-0.25, -0.2) is 4.79 Å². The summed E-state index contributed by atoms with van der Waals surface area (Å²) >= 11 is 0. The number of benzene rings is 1. The summed E-state index contributed by atoms with van der Waals surface area (Å²) in [6.45, 7) is 6.71. The largest absolute Gasteiger partial charge is 0.450 e. The Bertz CT molecular complexity index is 482. The number of piperazine rings is 1. The van der Waals surface area contributed by atoms with E-state index >= 15 is 0 Å². The molecule has 0 bridgehead atoms. The van der Waals surface area contributed by atoms with E-state index in [1.54, 1.807) is 11.8 Å². The number of nitrogens with zero attached hydrogens (tertiary/aromatic N) is 2. The predicted molar refractivity (Wildman–Crippen MR) is 80.4 cm³/mol. The van der Waals surface area contributed by atoms with Crippen LogP contribution in [-0.2, 0) is 4.74 Å². The first-order valence-corrected chi connectivity index (χ1v) is 7.38. The minimum absolute atomic E-state index is 0.125. The van der Waals surface area contributed by atoms with Gasteiger partial charge in [0, 0.05) is 31.7 Å². The third kappa shape index (κ3) is 3.82. The van der Waals surface area contributed by atoms with Crippen LogP contribution in [0.2, 0.25) is 0 Å². The van der Waals surface area contributed by atoms with Crippen LogP contribution in [0.3, 0.4) is 0 Å². The molecule has 0 spiro atoms. The van der Waals surface area contributed by atoms with E-state index in [9.17, 15) is 9.59 Å². The first kappa shape index (κ1) is 15.5. The van der Waals surface area contributed by atoms with E-state index in [4.69, 9.17) is 4.74 Å². The summed E-state index contributed by atoms with van der Waals surface area (Å²) in [5.74, 6) is 0.125. The van der Waals surface area contributed by atoms with Crippen molar-refractivity contribution in [2.75, 3.05) is 32.8 Å². The van der Waals surface area contributed by atoms with Crippen LogP contribution in [0.25, 0.3) is 0 Å². The summed E-state index contributed by atoms with van der Waals surface area (Å²) in [6, 6.07) is 9.16. The Balaban J connectivity index is 1.90. The van der Waals surface area contributed by atoms with Crippen LogP contribution in [0.1, 0.15) is 24.2 Å². The third-order valence-electron chi connectivity index (χ3n) is 3.83. The predicted octanol–water partition coefficient (Wildman–Crippen LogP) is 2.03. The average Bonchev–Trinajstić information content (AvgIpc) is 2.54. The average molecular weight is 290 g/mol. The number of hydrogen-bond acceptors (Lipinski definition) is 4. The van der Waals surface area contributed by atoms with Crippen LogP contribution in [0.5, 0.6) is 0 Å². The molecule has 5 nitrogen and oxygen atoms in total. The zero-order valence-corrected chi connectivity index (χ0v) is 12.6. The van der Waals surface area contributed by atoms with Crippen molar-refractivity contribution >= 4 is 11.9 Å². The van der Waals surface area contributed by atoms with Crippen molar-refractivity contribution in [1.82, 2.24) is 9.80 Å². The molecule has 1 fully saturated rings. The van der Waals surface area contributed by atoms with E-state index in [0.717, 1.165) is 5.56 Å². The van der Waals surface area contributed by atoms with Gasteiger partial charge in [-0.15, -0.1) is 0 Å². The second-order valence-electron chi connectivity index (χ2n) is 5.13. The molecule has 0 aliphatic carbocycles. The van der Waals surface area contributed by atoms with Crippen LogP contribution in [0.15, 0.2) is 30.3 Å². The van der Waals surface area contributed by atoms with Crippen molar-refractivity contribution in [3.8, 4) is 0 Å². The van der Waals surface area contributed by atoms with Crippen LogP contribution < -0.4 is 0 Å². The summed E-state index contributed by atoms with van der Waals surface area (Å²) in [5, 5.41) is 0. The summed E-state index contributed by atoms with van der Waals surface area (Å²) in [5.41, 5.74) is 0.734. The lowest BCUT2D eigenvalue weighted by atomic mass is 10.0. The molecule has 1 saturated heterocycles. The molecule has 21 heavy (non-hydrogen) atoms. The van der Waals surface area contributed by atoms with E-state index < -0.39 is 0 Å². The van der Waals surface area contributed by atoms with Crippen molar-refractivity contribution in [2.24, 2.45) is 0 Å². The molecular weight excluding hydrogens is 268 g/mol. The molecule has 1 unspecified atom stereocenters. The highest BCUT2D eigenvalue weighted by Crippen LogP contribution is 2.12. The summed E-state index contributed by atoms with van der Waals surface area (Å²) in [7, 11) is 0. The van der Waals surface area contributed by atoms with Gasteiger partial charge in [0.05, 0.1) is 12.6 Å². The minimum atomic E-state index is -0.265. The second-order valence-corrected chi connectivity index (χ2v) is 5.13. The number of carbonyl (C=O) groups excluding carboxylic acids is 2. The summed E-state index contributed by atoms with van der Waals surface area (Å²) in [6.07, 6.45) is -0.265. The van der Waals surface area contributed by atoms with E-state index in [0.29, 0.717) is 32.8 Å². The van der Waals surface area contributed by atoms with Crippen LogP contribution in [0, 0.1) is 0 Å². The molecule has 0 radical (unpaired) electrons. The van der Waals surface area contributed by atoms with Gasteiger partial charge >= 0.3 is 6.09 Å². The Morgan fingerprint density at radius 3 is 2.33 bits per heavy atom.